The van der Waals surface area contributed by atoms with E-state index in [-0.39, 0.29) is 0 Å². The number of nitrogen functional groups attached to an aromatic ring is 1. The topological polar surface area (TPSA) is 76.1 Å². The summed E-state index contributed by atoms with van der Waals surface area (Å²) in [6, 6.07) is 0. The van der Waals surface area contributed by atoms with Crippen molar-refractivity contribution in [3.63, 3.8) is 0 Å². The number of rotatable bonds is 3. The summed E-state index contributed by atoms with van der Waals surface area (Å²) in [6.07, 6.45) is 1.71. The standard InChI is InChI=1S/C8H16N4O/c1-8(2,13)5-10-7-6(9)4-12(3)11-7/h4,13H,5,9H2,1-3H3,(H,10,11). The Bertz CT molecular complexity index is 287. The molecule has 0 atom stereocenters. The molecule has 0 aliphatic heterocycles. The first-order valence-electron chi connectivity index (χ1n) is 4.14. The Balaban J connectivity index is 2.59. The van der Waals surface area contributed by atoms with E-state index in [0.29, 0.717) is 18.1 Å². The van der Waals surface area contributed by atoms with Crippen molar-refractivity contribution in [2.45, 2.75) is 19.4 Å². The molecular formula is C8H16N4O. The van der Waals surface area contributed by atoms with Gasteiger partial charge in [-0.15, -0.1) is 0 Å². The third-order valence-electron chi connectivity index (χ3n) is 1.55. The normalized spacial score (nSPS) is 11.7. The fraction of sp³-hybridized carbons (Fsp3) is 0.625. The number of aromatic nitrogens is 2. The molecule has 0 aromatic carbocycles. The minimum atomic E-state index is -0.760. The maximum Gasteiger partial charge on any atom is 0.171 e. The number of nitrogens with zero attached hydrogens (tertiary/aromatic N) is 2. The van der Waals surface area contributed by atoms with Gasteiger partial charge in [-0.25, -0.2) is 0 Å². The van der Waals surface area contributed by atoms with Crippen molar-refractivity contribution >= 4 is 11.5 Å². The molecule has 0 unspecified atom stereocenters. The van der Waals surface area contributed by atoms with Crippen molar-refractivity contribution in [2.24, 2.45) is 7.05 Å². The van der Waals surface area contributed by atoms with Crippen molar-refractivity contribution < 1.29 is 5.11 Å². The summed E-state index contributed by atoms with van der Waals surface area (Å²) in [4.78, 5) is 0. The fourth-order valence-electron chi connectivity index (χ4n) is 0.944. The summed E-state index contributed by atoms with van der Waals surface area (Å²) in [6.45, 7) is 3.87. The van der Waals surface area contributed by atoms with Crippen LogP contribution in [0.2, 0.25) is 0 Å². The van der Waals surface area contributed by atoms with Gasteiger partial charge in [0.1, 0.15) is 0 Å². The van der Waals surface area contributed by atoms with Gasteiger partial charge in [0.2, 0.25) is 0 Å². The molecule has 0 saturated heterocycles. The molecule has 0 radical (unpaired) electrons. The fourth-order valence-corrected chi connectivity index (χ4v) is 0.944. The molecule has 0 saturated carbocycles. The van der Waals surface area contributed by atoms with Crippen LogP contribution >= 0.6 is 0 Å². The zero-order chi connectivity index (χ0) is 10.1. The third kappa shape index (κ3) is 2.95. The molecule has 1 aromatic heterocycles. The minimum absolute atomic E-state index is 0.425. The number of nitrogens with one attached hydrogen (secondary N) is 1. The van der Waals surface area contributed by atoms with E-state index in [4.69, 9.17) is 5.73 Å². The monoisotopic (exact) mass is 184 g/mol. The lowest BCUT2D eigenvalue weighted by atomic mass is 10.1. The van der Waals surface area contributed by atoms with Crippen molar-refractivity contribution in [3.8, 4) is 0 Å². The molecule has 0 fully saturated rings. The predicted octanol–water partition coefficient (Wildman–Crippen LogP) is 0.185. The number of hydrogen-bond acceptors (Lipinski definition) is 4. The average molecular weight is 184 g/mol. The van der Waals surface area contributed by atoms with Crippen LogP contribution in [0.5, 0.6) is 0 Å². The molecule has 0 amide bonds. The second kappa shape index (κ2) is 3.26. The lowest BCUT2D eigenvalue weighted by Gasteiger charge is -2.17. The van der Waals surface area contributed by atoms with Crippen LogP contribution in [-0.2, 0) is 7.05 Å². The second-order valence-corrected chi connectivity index (χ2v) is 3.77. The third-order valence-corrected chi connectivity index (χ3v) is 1.55. The van der Waals surface area contributed by atoms with Crippen molar-refractivity contribution in [1.82, 2.24) is 9.78 Å². The van der Waals surface area contributed by atoms with Crippen LogP contribution in [0.15, 0.2) is 6.20 Å². The summed E-state index contributed by atoms with van der Waals surface area (Å²) >= 11 is 0. The van der Waals surface area contributed by atoms with Gasteiger partial charge in [0.15, 0.2) is 5.82 Å². The molecular weight excluding hydrogens is 168 g/mol. The Morgan fingerprint density at radius 2 is 2.31 bits per heavy atom. The first-order valence-corrected chi connectivity index (χ1v) is 4.14. The number of aliphatic hydroxyl groups is 1. The van der Waals surface area contributed by atoms with Crippen molar-refractivity contribution in [3.05, 3.63) is 6.20 Å². The van der Waals surface area contributed by atoms with Gasteiger partial charge in [0.05, 0.1) is 11.3 Å². The van der Waals surface area contributed by atoms with Crippen LogP contribution in [0, 0.1) is 0 Å². The molecule has 0 aliphatic carbocycles. The summed E-state index contributed by atoms with van der Waals surface area (Å²) in [5.74, 6) is 0.615. The smallest absolute Gasteiger partial charge is 0.171 e. The Kier molecular flexibility index (Phi) is 2.47. The molecule has 5 nitrogen and oxygen atoms in total. The van der Waals surface area contributed by atoms with Gasteiger partial charge in [-0.3, -0.25) is 4.68 Å². The Morgan fingerprint density at radius 1 is 1.69 bits per heavy atom. The molecule has 4 N–H and O–H groups in total. The van der Waals surface area contributed by atoms with E-state index in [1.54, 1.807) is 31.8 Å². The molecule has 0 aliphatic rings. The summed E-state index contributed by atoms with van der Waals surface area (Å²) in [5.41, 5.74) is 5.47. The van der Waals surface area contributed by atoms with E-state index in [1.807, 2.05) is 0 Å². The molecule has 5 heteroatoms. The van der Waals surface area contributed by atoms with Crippen molar-refractivity contribution in [2.75, 3.05) is 17.6 Å². The molecule has 74 valence electrons. The zero-order valence-corrected chi connectivity index (χ0v) is 8.20. The number of hydrogen-bond donors (Lipinski definition) is 3. The van der Waals surface area contributed by atoms with Gasteiger partial charge in [-0.1, -0.05) is 0 Å². The molecule has 0 bridgehead atoms. The van der Waals surface area contributed by atoms with Crippen molar-refractivity contribution in [1.29, 1.82) is 0 Å². The molecule has 1 aromatic rings. The van der Waals surface area contributed by atoms with Crippen LogP contribution in [0.25, 0.3) is 0 Å². The Hall–Kier alpha value is -1.23. The zero-order valence-electron chi connectivity index (χ0n) is 8.20. The highest BCUT2D eigenvalue weighted by Crippen LogP contribution is 2.15. The molecule has 0 spiro atoms. The van der Waals surface area contributed by atoms with Gasteiger partial charge in [-0.2, -0.15) is 5.10 Å². The van der Waals surface area contributed by atoms with Gasteiger partial charge in [0, 0.05) is 19.8 Å². The van der Waals surface area contributed by atoms with Crippen LogP contribution in [0.1, 0.15) is 13.8 Å². The second-order valence-electron chi connectivity index (χ2n) is 3.77. The highest BCUT2D eigenvalue weighted by atomic mass is 16.3. The highest BCUT2D eigenvalue weighted by Gasteiger charge is 2.13. The van der Waals surface area contributed by atoms with E-state index >= 15 is 0 Å². The quantitative estimate of drug-likeness (QED) is 0.626. The SMILES string of the molecule is Cn1cc(N)c(NCC(C)(C)O)n1. The molecule has 1 rings (SSSR count). The predicted molar refractivity (Wildman–Crippen MR) is 52.4 cm³/mol. The van der Waals surface area contributed by atoms with Crippen LogP contribution < -0.4 is 11.1 Å². The van der Waals surface area contributed by atoms with Gasteiger partial charge >= 0.3 is 0 Å². The average Bonchev–Trinajstić information content (AvgIpc) is 2.24. The first kappa shape index (κ1) is 9.85. The Morgan fingerprint density at radius 3 is 2.69 bits per heavy atom. The Labute approximate surface area is 77.5 Å². The highest BCUT2D eigenvalue weighted by molar-refractivity contribution is 5.59. The number of nitrogens with two attached hydrogens (primary N) is 1. The van der Waals surface area contributed by atoms with E-state index < -0.39 is 5.60 Å². The summed E-state index contributed by atoms with van der Waals surface area (Å²) in [7, 11) is 1.80. The van der Waals surface area contributed by atoms with E-state index in [1.165, 1.54) is 0 Å². The van der Waals surface area contributed by atoms with Crippen LogP contribution in [0.3, 0.4) is 0 Å². The lowest BCUT2D eigenvalue weighted by molar-refractivity contribution is 0.0944. The van der Waals surface area contributed by atoms with E-state index in [9.17, 15) is 5.11 Å². The van der Waals surface area contributed by atoms with E-state index in [2.05, 4.69) is 10.4 Å². The maximum atomic E-state index is 9.44. The van der Waals surface area contributed by atoms with E-state index in [0.717, 1.165) is 0 Å². The van der Waals surface area contributed by atoms with Gasteiger partial charge < -0.3 is 16.2 Å². The molecule has 1 heterocycles. The van der Waals surface area contributed by atoms with Crippen LogP contribution in [0.4, 0.5) is 11.5 Å². The first-order chi connectivity index (χ1) is 5.88. The largest absolute Gasteiger partial charge is 0.394 e. The summed E-state index contributed by atoms with van der Waals surface area (Å²) in [5, 5.41) is 16.5. The number of anilines is 2. The van der Waals surface area contributed by atoms with Crippen LogP contribution in [-0.4, -0.2) is 27.0 Å². The minimum Gasteiger partial charge on any atom is -0.394 e. The lowest BCUT2D eigenvalue weighted by Crippen LogP contribution is -2.29. The summed E-state index contributed by atoms with van der Waals surface area (Å²) < 4.78 is 1.63. The molecule has 13 heavy (non-hydrogen) atoms. The van der Waals surface area contributed by atoms with Gasteiger partial charge in [-0.05, 0) is 13.8 Å². The number of aryl methyl sites for hydroxylation is 1. The maximum absolute atomic E-state index is 9.44. The van der Waals surface area contributed by atoms with Gasteiger partial charge in [0.25, 0.3) is 0 Å².